The molecule has 1 atom stereocenters. The van der Waals surface area contributed by atoms with E-state index in [4.69, 9.17) is 10.5 Å². The van der Waals surface area contributed by atoms with Gasteiger partial charge < -0.3 is 10.5 Å². The average Bonchev–Trinajstić information content (AvgIpc) is 2.30. The molecule has 1 aromatic carbocycles. The van der Waals surface area contributed by atoms with Gasteiger partial charge in [0.25, 0.3) is 0 Å². The normalized spacial score (nSPS) is 12.6. The Morgan fingerprint density at radius 1 is 1.33 bits per heavy atom. The maximum Gasteiger partial charge on any atom is 0.313 e. The van der Waals surface area contributed by atoms with Crippen LogP contribution in [0.5, 0.6) is 0 Å². The van der Waals surface area contributed by atoms with Crippen molar-refractivity contribution in [1.82, 2.24) is 0 Å². The molecule has 0 spiro atoms. The minimum absolute atomic E-state index is 0. The Labute approximate surface area is 115 Å². The Morgan fingerprint density at radius 2 is 1.89 bits per heavy atom. The molecule has 0 fully saturated rings. The lowest BCUT2D eigenvalue weighted by molar-refractivity contribution is -0.152. The first kappa shape index (κ1) is 16.9. The van der Waals surface area contributed by atoms with Gasteiger partial charge in [0, 0.05) is 6.04 Å². The summed E-state index contributed by atoms with van der Waals surface area (Å²) < 4.78 is 4.81. The lowest BCUT2D eigenvalue weighted by atomic mass is 9.79. The molecule has 0 aromatic heterocycles. The Bertz CT molecular complexity index is 430. The number of esters is 1. The van der Waals surface area contributed by atoms with Crippen LogP contribution in [0.1, 0.15) is 36.6 Å². The number of carbonyl (C=O) groups is 1. The molecule has 0 amide bonds. The molecular formula is C14H22ClNO2. The van der Waals surface area contributed by atoms with Gasteiger partial charge in [-0.05, 0) is 44.4 Å². The highest BCUT2D eigenvalue weighted by Crippen LogP contribution is 2.34. The van der Waals surface area contributed by atoms with Gasteiger partial charge in [0.15, 0.2) is 0 Å². The molecule has 0 heterocycles. The molecule has 0 saturated heterocycles. The molecule has 18 heavy (non-hydrogen) atoms. The Morgan fingerprint density at radius 3 is 2.39 bits per heavy atom. The summed E-state index contributed by atoms with van der Waals surface area (Å²) in [5.41, 5.74) is 8.81. The second-order valence-electron chi connectivity index (χ2n) is 4.98. The van der Waals surface area contributed by atoms with Crippen LogP contribution in [0.3, 0.4) is 0 Å². The zero-order valence-corrected chi connectivity index (χ0v) is 12.4. The summed E-state index contributed by atoms with van der Waals surface area (Å²) >= 11 is 0. The van der Waals surface area contributed by atoms with Gasteiger partial charge in [-0.3, -0.25) is 4.79 Å². The fraction of sp³-hybridized carbons (Fsp3) is 0.500. The van der Waals surface area contributed by atoms with Crippen LogP contribution in [0.15, 0.2) is 18.2 Å². The molecule has 0 radical (unpaired) electrons. The first-order valence-corrected chi connectivity index (χ1v) is 5.72. The Hall–Kier alpha value is -1.06. The van der Waals surface area contributed by atoms with E-state index in [2.05, 4.69) is 0 Å². The summed E-state index contributed by atoms with van der Waals surface area (Å²) in [4.78, 5) is 11.7. The first-order chi connectivity index (χ1) is 7.82. The SMILES string of the molecule is COC(=O)C(C)(C)[C@@H](N)c1cccc(C)c1C.Cl. The molecule has 0 aliphatic heterocycles. The molecule has 102 valence electrons. The molecule has 0 bridgehead atoms. The summed E-state index contributed by atoms with van der Waals surface area (Å²) in [5, 5.41) is 0. The van der Waals surface area contributed by atoms with E-state index < -0.39 is 5.41 Å². The number of methoxy groups -OCH3 is 1. The summed E-state index contributed by atoms with van der Waals surface area (Å²) in [7, 11) is 1.39. The molecule has 3 nitrogen and oxygen atoms in total. The molecule has 0 unspecified atom stereocenters. The summed E-state index contributed by atoms with van der Waals surface area (Å²) in [6.45, 7) is 7.69. The van der Waals surface area contributed by atoms with E-state index in [1.807, 2.05) is 45.9 Å². The Kier molecular flexibility index (Phi) is 5.84. The standard InChI is InChI=1S/C14H21NO2.ClH/c1-9-7-6-8-11(10(9)2)12(15)14(3,4)13(16)17-5;/h6-8,12H,15H2,1-5H3;1H/t12-;/m0./s1. The van der Waals surface area contributed by atoms with Crippen molar-refractivity contribution >= 4 is 18.4 Å². The van der Waals surface area contributed by atoms with Gasteiger partial charge in [0.1, 0.15) is 0 Å². The molecule has 2 N–H and O–H groups in total. The number of benzene rings is 1. The van der Waals surface area contributed by atoms with E-state index in [-0.39, 0.29) is 24.4 Å². The van der Waals surface area contributed by atoms with Crippen LogP contribution >= 0.6 is 12.4 Å². The van der Waals surface area contributed by atoms with Gasteiger partial charge in [-0.15, -0.1) is 12.4 Å². The molecule has 4 heteroatoms. The van der Waals surface area contributed by atoms with Crippen molar-refractivity contribution in [2.24, 2.45) is 11.1 Å². The van der Waals surface area contributed by atoms with Crippen molar-refractivity contribution in [2.75, 3.05) is 7.11 Å². The number of hydrogen-bond acceptors (Lipinski definition) is 3. The second-order valence-corrected chi connectivity index (χ2v) is 4.98. The van der Waals surface area contributed by atoms with Crippen molar-refractivity contribution in [1.29, 1.82) is 0 Å². The highest BCUT2D eigenvalue weighted by atomic mass is 35.5. The molecule has 1 aromatic rings. The van der Waals surface area contributed by atoms with E-state index in [0.29, 0.717) is 0 Å². The summed E-state index contributed by atoms with van der Waals surface area (Å²) in [5.74, 6) is -0.286. The molecule has 0 saturated carbocycles. The van der Waals surface area contributed by atoms with Crippen LogP contribution in [0, 0.1) is 19.3 Å². The number of halogens is 1. The number of hydrogen-bond donors (Lipinski definition) is 1. The van der Waals surface area contributed by atoms with Gasteiger partial charge in [-0.2, -0.15) is 0 Å². The largest absolute Gasteiger partial charge is 0.469 e. The number of carbonyl (C=O) groups excluding carboxylic acids is 1. The van der Waals surface area contributed by atoms with Crippen molar-refractivity contribution in [3.63, 3.8) is 0 Å². The highest BCUT2D eigenvalue weighted by molar-refractivity contribution is 5.85. The van der Waals surface area contributed by atoms with E-state index in [1.54, 1.807) is 0 Å². The minimum Gasteiger partial charge on any atom is -0.469 e. The fourth-order valence-corrected chi connectivity index (χ4v) is 1.89. The van der Waals surface area contributed by atoms with Gasteiger partial charge in [-0.1, -0.05) is 18.2 Å². The fourth-order valence-electron chi connectivity index (χ4n) is 1.89. The van der Waals surface area contributed by atoms with Crippen LogP contribution in [-0.4, -0.2) is 13.1 Å². The highest BCUT2D eigenvalue weighted by Gasteiger charge is 2.37. The lowest BCUT2D eigenvalue weighted by Crippen LogP contribution is -2.37. The van der Waals surface area contributed by atoms with E-state index in [1.165, 1.54) is 12.7 Å². The zero-order chi connectivity index (χ0) is 13.2. The maximum atomic E-state index is 11.7. The quantitative estimate of drug-likeness (QED) is 0.860. The van der Waals surface area contributed by atoms with E-state index in [9.17, 15) is 4.79 Å². The van der Waals surface area contributed by atoms with Crippen molar-refractivity contribution in [3.05, 3.63) is 34.9 Å². The molecular weight excluding hydrogens is 250 g/mol. The maximum absolute atomic E-state index is 11.7. The van der Waals surface area contributed by atoms with Gasteiger partial charge in [-0.25, -0.2) is 0 Å². The van der Waals surface area contributed by atoms with Crippen LogP contribution in [0.4, 0.5) is 0 Å². The number of ether oxygens (including phenoxy) is 1. The second kappa shape index (κ2) is 6.21. The number of aryl methyl sites for hydroxylation is 1. The number of nitrogens with two attached hydrogens (primary N) is 1. The minimum atomic E-state index is -0.729. The van der Waals surface area contributed by atoms with Crippen LogP contribution < -0.4 is 5.73 Å². The molecule has 0 aliphatic carbocycles. The Balaban J connectivity index is 0.00000289. The third-order valence-corrected chi connectivity index (χ3v) is 3.47. The summed E-state index contributed by atoms with van der Waals surface area (Å²) in [6.07, 6.45) is 0. The van der Waals surface area contributed by atoms with Gasteiger partial charge in [0.2, 0.25) is 0 Å². The lowest BCUT2D eigenvalue weighted by Gasteiger charge is -2.30. The first-order valence-electron chi connectivity index (χ1n) is 5.72. The molecule has 1 rings (SSSR count). The van der Waals surface area contributed by atoms with Gasteiger partial charge in [0.05, 0.1) is 12.5 Å². The van der Waals surface area contributed by atoms with Crippen LogP contribution in [0.25, 0.3) is 0 Å². The predicted octanol–water partition coefficient (Wildman–Crippen LogP) is 2.92. The van der Waals surface area contributed by atoms with Crippen molar-refractivity contribution < 1.29 is 9.53 Å². The molecule has 0 aliphatic rings. The van der Waals surface area contributed by atoms with Gasteiger partial charge >= 0.3 is 5.97 Å². The van der Waals surface area contributed by atoms with Crippen LogP contribution in [-0.2, 0) is 9.53 Å². The van der Waals surface area contributed by atoms with Crippen LogP contribution in [0.2, 0.25) is 0 Å². The third kappa shape index (κ3) is 3.03. The monoisotopic (exact) mass is 271 g/mol. The van der Waals surface area contributed by atoms with E-state index >= 15 is 0 Å². The average molecular weight is 272 g/mol. The zero-order valence-electron chi connectivity index (χ0n) is 11.6. The van der Waals surface area contributed by atoms with Crippen molar-refractivity contribution in [2.45, 2.75) is 33.7 Å². The summed E-state index contributed by atoms with van der Waals surface area (Å²) in [6, 6.07) is 5.61. The van der Waals surface area contributed by atoms with Crippen molar-refractivity contribution in [3.8, 4) is 0 Å². The number of rotatable bonds is 3. The van der Waals surface area contributed by atoms with E-state index in [0.717, 1.165) is 11.1 Å². The smallest absolute Gasteiger partial charge is 0.313 e. The predicted molar refractivity (Wildman–Crippen MR) is 75.9 cm³/mol. The topological polar surface area (TPSA) is 52.3 Å². The third-order valence-electron chi connectivity index (χ3n) is 3.47.